The molecule has 0 aliphatic heterocycles. The minimum Gasteiger partial charge on any atom is -0.478 e. The van der Waals surface area contributed by atoms with Gasteiger partial charge >= 0.3 is 11.9 Å². The topological polar surface area (TPSA) is 74.6 Å². The van der Waals surface area contributed by atoms with Crippen LogP contribution in [0.25, 0.3) is 0 Å². The van der Waals surface area contributed by atoms with Crippen LogP contribution >= 0.6 is 0 Å². The van der Waals surface area contributed by atoms with Crippen LogP contribution in [0.5, 0.6) is 0 Å². The van der Waals surface area contributed by atoms with E-state index >= 15 is 0 Å². The standard InChI is InChI=1S/C25H32O4/c1-23(2,3)15-9-11-19(17(13-15)21(26)27)25(7,8)20-12-10-16(24(4,5)6)14-18(20)22(28)29/h9-14H,1-8H3,(H,26,27)(H,28,29). The molecule has 4 heteroatoms. The van der Waals surface area contributed by atoms with Crippen LogP contribution < -0.4 is 0 Å². The normalized spacial score (nSPS) is 12.7. The first-order valence-corrected chi connectivity index (χ1v) is 9.83. The van der Waals surface area contributed by atoms with Gasteiger partial charge in [-0.2, -0.15) is 0 Å². The molecule has 4 nitrogen and oxygen atoms in total. The lowest BCUT2D eigenvalue weighted by atomic mass is 9.72. The molecule has 0 heterocycles. The number of carbonyl (C=O) groups is 2. The fourth-order valence-electron chi connectivity index (χ4n) is 3.61. The van der Waals surface area contributed by atoms with Crippen molar-refractivity contribution in [2.24, 2.45) is 0 Å². The van der Waals surface area contributed by atoms with E-state index in [0.717, 1.165) is 11.1 Å². The molecule has 156 valence electrons. The first-order valence-electron chi connectivity index (χ1n) is 9.83. The van der Waals surface area contributed by atoms with Crippen LogP contribution in [-0.4, -0.2) is 22.2 Å². The van der Waals surface area contributed by atoms with Crippen LogP contribution in [0.1, 0.15) is 98.4 Å². The highest BCUT2D eigenvalue weighted by atomic mass is 16.4. The molecule has 0 amide bonds. The Morgan fingerprint density at radius 3 is 1.17 bits per heavy atom. The minimum absolute atomic E-state index is 0.187. The summed E-state index contributed by atoms with van der Waals surface area (Å²) in [7, 11) is 0. The quantitative estimate of drug-likeness (QED) is 0.664. The Morgan fingerprint density at radius 2 is 0.931 bits per heavy atom. The van der Waals surface area contributed by atoms with Gasteiger partial charge in [0.15, 0.2) is 0 Å². The fraction of sp³-hybridized carbons (Fsp3) is 0.440. The highest BCUT2D eigenvalue weighted by molar-refractivity contribution is 5.93. The molecule has 0 fully saturated rings. The molecule has 0 bridgehead atoms. The minimum atomic E-state index is -1.01. The molecule has 2 aromatic rings. The zero-order valence-electron chi connectivity index (χ0n) is 18.7. The van der Waals surface area contributed by atoms with Gasteiger partial charge in [-0.1, -0.05) is 79.7 Å². The van der Waals surface area contributed by atoms with Crippen molar-refractivity contribution in [3.8, 4) is 0 Å². The van der Waals surface area contributed by atoms with E-state index in [2.05, 4.69) is 0 Å². The van der Waals surface area contributed by atoms with Crippen molar-refractivity contribution in [3.63, 3.8) is 0 Å². The Kier molecular flexibility index (Phi) is 5.73. The lowest BCUT2D eigenvalue weighted by Gasteiger charge is -2.31. The molecule has 0 aliphatic rings. The van der Waals surface area contributed by atoms with Crippen LogP contribution in [0.4, 0.5) is 0 Å². The maximum atomic E-state index is 12.1. The molecule has 29 heavy (non-hydrogen) atoms. The second-order valence-corrected chi connectivity index (χ2v) is 10.3. The van der Waals surface area contributed by atoms with Crippen LogP contribution in [0.15, 0.2) is 36.4 Å². The number of carboxylic acid groups (broad SMARTS) is 2. The van der Waals surface area contributed by atoms with Gasteiger partial charge in [0.1, 0.15) is 0 Å². The molecule has 2 rings (SSSR count). The molecule has 2 N–H and O–H groups in total. The van der Waals surface area contributed by atoms with Gasteiger partial charge in [-0.05, 0) is 45.2 Å². The lowest BCUT2D eigenvalue weighted by molar-refractivity contribution is 0.0686. The predicted molar refractivity (Wildman–Crippen MR) is 116 cm³/mol. The number of hydrogen-bond donors (Lipinski definition) is 2. The summed E-state index contributed by atoms with van der Waals surface area (Å²) >= 11 is 0. The molecule has 0 aromatic heterocycles. The third-order valence-corrected chi connectivity index (χ3v) is 5.58. The second-order valence-electron chi connectivity index (χ2n) is 10.3. The molecule has 0 atom stereocenters. The molecule has 0 unspecified atom stereocenters. The Hall–Kier alpha value is -2.62. The van der Waals surface area contributed by atoms with Crippen LogP contribution in [0.3, 0.4) is 0 Å². The summed E-state index contributed by atoms with van der Waals surface area (Å²) in [5, 5.41) is 19.8. The first-order chi connectivity index (χ1) is 13.1. The van der Waals surface area contributed by atoms with Crippen molar-refractivity contribution >= 4 is 11.9 Å². The van der Waals surface area contributed by atoms with Gasteiger partial charge in [0.2, 0.25) is 0 Å². The SMILES string of the molecule is CC(C)(C)c1ccc(C(C)(C)c2ccc(C(C)(C)C)cc2C(=O)O)c(C(=O)O)c1. The van der Waals surface area contributed by atoms with Gasteiger partial charge in [0.05, 0.1) is 11.1 Å². The number of aromatic carboxylic acids is 2. The maximum Gasteiger partial charge on any atom is 0.336 e. The average Bonchev–Trinajstić information content (AvgIpc) is 2.58. The highest BCUT2D eigenvalue weighted by Gasteiger charge is 2.33. The van der Waals surface area contributed by atoms with Gasteiger partial charge in [-0.25, -0.2) is 9.59 Å². The van der Waals surface area contributed by atoms with Gasteiger partial charge in [0.25, 0.3) is 0 Å². The van der Waals surface area contributed by atoms with E-state index < -0.39 is 17.4 Å². The van der Waals surface area contributed by atoms with Crippen molar-refractivity contribution in [1.82, 2.24) is 0 Å². The van der Waals surface area contributed by atoms with E-state index in [1.807, 2.05) is 79.7 Å². The molecule has 0 spiro atoms. The molecule has 0 saturated heterocycles. The molecule has 0 radical (unpaired) electrons. The Morgan fingerprint density at radius 1 is 0.621 bits per heavy atom. The number of hydrogen-bond acceptors (Lipinski definition) is 2. The monoisotopic (exact) mass is 396 g/mol. The summed E-state index contributed by atoms with van der Waals surface area (Å²) in [5.41, 5.74) is 2.30. The van der Waals surface area contributed by atoms with Crippen molar-refractivity contribution in [2.75, 3.05) is 0 Å². The van der Waals surface area contributed by atoms with E-state index in [9.17, 15) is 19.8 Å². The van der Waals surface area contributed by atoms with E-state index in [1.54, 1.807) is 12.1 Å². The summed E-state index contributed by atoms with van der Waals surface area (Å²) in [6.07, 6.45) is 0. The Balaban J connectivity index is 2.76. The van der Waals surface area contributed by atoms with E-state index in [-0.39, 0.29) is 22.0 Å². The fourth-order valence-corrected chi connectivity index (χ4v) is 3.61. The highest BCUT2D eigenvalue weighted by Crippen LogP contribution is 2.39. The average molecular weight is 397 g/mol. The molecule has 0 aliphatic carbocycles. The predicted octanol–water partition coefficient (Wildman–Crippen LogP) is 6.00. The van der Waals surface area contributed by atoms with Gasteiger partial charge in [-0.3, -0.25) is 0 Å². The van der Waals surface area contributed by atoms with E-state index in [0.29, 0.717) is 11.1 Å². The van der Waals surface area contributed by atoms with Gasteiger partial charge in [-0.15, -0.1) is 0 Å². The van der Waals surface area contributed by atoms with E-state index in [4.69, 9.17) is 0 Å². The van der Waals surface area contributed by atoms with Crippen molar-refractivity contribution in [2.45, 2.75) is 71.6 Å². The third kappa shape index (κ3) is 4.52. The zero-order valence-corrected chi connectivity index (χ0v) is 18.7. The third-order valence-electron chi connectivity index (χ3n) is 5.58. The van der Waals surface area contributed by atoms with Crippen LogP contribution in [0, 0.1) is 0 Å². The number of benzene rings is 2. The van der Waals surface area contributed by atoms with Crippen LogP contribution in [-0.2, 0) is 16.2 Å². The van der Waals surface area contributed by atoms with Crippen molar-refractivity contribution in [1.29, 1.82) is 0 Å². The summed E-state index contributed by atoms with van der Waals surface area (Å²) in [6, 6.07) is 11.0. The van der Waals surface area contributed by atoms with Gasteiger partial charge in [0, 0.05) is 5.41 Å². The summed E-state index contributed by atoms with van der Waals surface area (Å²) < 4.78 is 0. The number of carboxylic acids is 2. The van der Waals surface area contributed by atoms with Crippen molar-refractivity contribution in [3.05, 3.63) is 69.8 Å². The van der Waals surface area contributed by atoms with Crippen LogP contribution in [0.2, 0.25) is 0 Å². The summed E-state index contributed by atoms with van der Waals surface area (Å²) in [6.45, 7) is 16.0. The number of rotatable bonds is 4. The Labute approximate surface area is 173 Å². The zero-order chi connectivity index (χ0) is 22.4. The largest absolute Gasteiger partial charge is 0.478 e. The maximum absolute atomic E-state index is 12.1. The molecular formula is C25H32O4. The lowest BCUT2D eigenvalue weighted by Crippen LogP contribution is -2.27. The Bertz CT molecular complexity index is 876. The van der Waals surface area contributed by atoms with E-state index in [1.165, 1.54) is 0 Å². The summed E-state index contributed by atoms with van der Waals surface area (Å²) in [5.74, 6) is -2.02. The molecule has 2 aromatic carbocycles. The second kappa shape index (κ2) is 7.33. The smallest absolute Gasteiger partial charge is 0.336 e. The summed E-state index contributed by atoms with van der Waals surface area (Å²) in [4.78, 5) is 24.1. The van der Waals surface area contributed by atoms with Crippen molar-refractivity contribution < 1.29 is 19.8 Å². The van der Waals surface area contributed by atoms with Gasteiger partial charge < -0.3 is 10.2 Å². The first kappa shape index (κ1) is 22.7. The molecular weight excluding hydrogens is 364 g/mol. The molecule has 0 saturated carbocycles.